The Kier molecular flexibility index (Phi) is 10.2. The van der Waals surface area contributed by atoms with Crippen LogP contribution in [-0.2, 0) is 16.1 Å². The molecule has 2 saturated carbocycles. The van der Waals surface area contributed by atoms with Crippen LogP contribution in [0.15, 0.2) is 53.1 Å². The predicted molar refractivity (Wildman–Crippen MR) is 195 cm³/mol. The number of tetrazole rings is 1. The van der Waals surface area contributed by atoms with Crippen molar-refractivity contribution in [3.8, 4) is 0 Å². The van der Waals surface area contributed by atoms with Crippen molar-refractivity contribution in [3.05, 3.63) is 65.0 Å². The normalized spacial score (nSPS) is 25.4. The van der Waals surface area contributed by atoms with Gasteiger partial charge in [-0.05, 0) is 110 Å². The molecule has 1 aromatic carbocycles. The molecule has 0 saturated heterocycles. The number of carbonyl (C=O) groups excluding carboxylic acids is 2. The van der Waals surface area contributed by atoms with Crippen LogP contribution in [0, 0.1) is 22.2 Å². The van der Waals surface area contributed by atoms with Gasteiger partial charge in [-0.15, -0.1) is 10.2 Å². The minimum Gasteiger partial charge on any atom is -0.374 e. The molecule has 6 rings (SSSR count). The van der Waals surface area contributed by atoms with E-state index in [-0.39, 0.29) is 41.3 Å². The molecule has 270 valence electrons. The molecular formula is C40H57N7O3. The van der Waals surface area contributed by atoms with Gasteiger partial charge in [-0.3, -0.25) is 14.6 Å². The Hall–Kier alpha value is -3.66. The van der Waals surface area contributed by atoms with Crippen LogP contribution in [0.25, 0.3) is 0 Å². The zero-order valence-corrected chi connectivity index (χ0v) is 31.2. The van der Waals surface area contributed by atoms with E-state index in [9.17, 15) is 9.59 Å². The highest BCUT2D eigenvalue weighted by Crippen LogP contribution is 2.58. The molecule has 2 atom stereocenters. The SMILES string of the molecule is CC(C)(C)CCOC1C=C(C2=NC3(CCC(C4(C)CC4)CC3)N([C@H](CCC(C)(C)C)c3ccc(C(=O)NCc4nn[nH]n4)cc3)C2=O)C=CC1. The monoisotopic (exact) mass is 683 g/mol. The molecule has 2 amide bonds. The minimum absolute atomic E-state index is 0.00756. The van der Waals surface area contributed by atoms with Gasteiger partial charge in [0.1, 0.15) is 11.4 Å². The van der Waals surface area contributed by atoms with Crippen molar-refractivity contribution in [2.24, 2.45) is 27.2 Å². The molecule has 0 radical (unpaired) electrons. The number of aromatic amines is 1. The van der Waals surface area contributed by atoms with E-state index < -0.39 is 5.66 Å². The molecule has 2 heterocycles. The topological polar surface area (TPSA) is 125 Å². The number of H-pyrrole nitrogens is 1. The van der Waals surface area contributed by atoms with Crippen molar-refractivity contribution in [2.45, 2.75) is 137 Å². The van der Waals surface area contributed by atoms with E-state index >= 15 is 0 Å². The molecule has 10 heteroatoms. The lowest BCUT2D eigenvalue weighted by molar-refractivity contribution is -0.133. The van der Waals surface area contributed by atoms with E-state index in [1.165, 1.54) is 12.8 Å². The van der Waals surface area contributed by atoms with Gasteiger partial charge in [-0.1, -0.05) is 78.0 Å². The van der Waals surface area contributed by atoms with E-state index in [0.29, 0.717) is 35.0 Å². The third-order valence-electron chi connectivity index (χ3n) is 11.3. The first kappa shape index (κ1) is 36.1. The second kappa shape index (κ2) is 14.2. The first-order valence-corrected chi connectivity index (χ1v) is 18.7. The number of ether oxygens (including phenoxy) is 1. The largest absolute Gasteiger partial charge is 0.374 e. The van der Waals surface area contributed by atoms with Gasteiger partial charge in [0.15, 0.2) is 5.82 Å². The first-order valence-electron chi connectivity index (χ1n) is 18.7. The summed E-state index contributed by atoms with van der Waals surface area (Å²) in [6.45, 7) is 16.8. The maximum atomic E-state index is 14.9. The fourth-order valence-electron chi connectivity index (χ4n) is 7.80. The van der Waals surface area contributed by atoms with Gasteiger partial charge in [0, 0.05) is 17.7 Å². The number of nitrogens with zero attached hydrogens (tertiary/aromatic N) is 5. The van der Waals surface area contributed by atoms with Crippen LogP contribution >= 0.6 is 0 Å². The van der Waals surface area contributed by atoms with Gasteiger partial charge in [0.25, 0.3) is 11.8 Å². The van der Waals surface area contributed by atoms with Crippen LogP contribution in [0.1, 0.15) is 140 Å². The molecule has 0 bridgehead atoms. The van der Waals surface area contributed by atoms with Crippen molar-refractivity contribution >= 4 is 17.5 Å². The summed E-state index contributed by atoms with van der Waals surface area (Å²) < 4.78 is 6.32. The van der Waals surface area contributed by atoms with E-state index in [1.807, 2.05) is 24.3 Å². The number of nitrogens with one attached hydrogen (secondary N) is 2. The third kappa shape index (κ3) is 8.44. The van der Waals surface area contributed by atoms with E-state index in [1.54, 1.807) is 0 Å². The zero-order chi connectivity index (χ0) is 35.7. The smallest absolute Gasteiger partial charge is 0.275 e. The number of allylic oxidation sites excluding steroid dienone is 1. The van der Waals surface area contributed by atoms with Crippen LogP contribution in [-0.4, -0.2) is 61.4 Å². The van der Waals surface area contributed by atoms with Gasteiger partial charge in [0.2, 0.25) is 0 Å². The molecule has 4 aliphatic rings. The van der Waals surface area contributed by atoms with Crippen molar-refractivity contribution in [2.75, 3.05) is 6.61 Å². The van der Waals surface area contributed by atoms with Crippen LogP contribution in [0.5, 0.6) is 0 Å². The standard InChI is InChI=1S/C40H57N7O3/c1-37(2,3)18-17-32(27-11-13-28(14-12-27)35(48)41-26-33-43-45-46-44-33)47-36(49)34(29-9-8-10-31(25-29)50-24-23-38(4,5)6)42-40(47)19-15-30(16-20-40)39(7)21-22-39/h8-9,11-14,25,30-32H,10,15-24,26H2,1-7H3,(H,41,48)(H,43,44,45,46)/t30?,31?,32-,40?/m1/s1. The number of rotatable bonds is 12. The molecule has 1 spiro atoms. The van der Waals surface area contributed by atoms with Crippen molar-refractivity contribution in [3.63, 3.8) is 0 Å². The summed E-state index contributed by atoms with van der Waals surface area (Å²) in [5.41, 5.74) is 3.15. The van der Waals surface area contributed by atoms with E-state index in [4.69, 9.17) is 9.73 Å². The molecular weight excluding hydrogens is 626 g/mol. The quantitative estimate of drug-likeness (QED) is 0.237. The molecule has 1 unspecified atom stereocenters. The summed E-state index contributed by atoms with van der Waals surface area (Å²) in [4.78, 5) is 35.6. The Morgan fingerprint density at radius 3 is 2.36 bits per heavy atom. The number of benzene rings is 1. The average molecular weight is 684 g/mol. The number of hydrogen-bond donors (Lipinski definition) is 2. The van der Waals surface area contributed by atoms with Gasteiger partial charge in [-0.25, -0.2) is 0 Å². The molecule has 10 nitrogen and oxygen atoms in total. The van der Waals surface area contributed by atoms with Crippen molar-refractivity contribution < 1.29 is 14.3 Å². The highest BCUT2D eigenvalue weighted by atomic mass is 16.5. The van der Waals surface area contributed by atoms with Crippen LogP contribution in [0.3, 0.4) is 0 Å². The molecule has 1 aromatic heterocycles. The van der Waals surface area contributed by atoms with Gasteiger partial charge in [0.05, 0.1) is 18.7 Å². The number of amides is 2. The third-order valence-corrected chi connectivity index (χ3v) is 11.3. The first-order chi connectivity index (χ1) is 23.6. The molecule has 1 aliphatic heterocycles. The summed E-state index contributed by atoms with van der Waals surface area (Å²) in [6.07, 6.45) is 16.3. The van der Waals surface area contributed by atoms with Crippen LogP contribution in [0.2, 0.25) is 0 Å². The van der Waals surface area contributed by atoms with E-state index in [2.05, 4.69) is 97.5 Å². The minimum atomic E-state index is -0.591. The molecule has 3 aliphatic carbocycles. The zero-order valence-electron chi connectivity index (χ0n) is 31.2. The number of aromatic nitrogens is 4. The van der Waals surface area contributed by atoms with E-state index in [0.717, 1.165) is 62.5 Å². The van der Waals surface area contributed by atoms with Crippen molar-refractivity contribution in [1.29, 1.82) is 0 Å². The summed E-state index contributed by atoms with van der Waals surface area (Å²) in [5.74, 6) is 0.890. The number of hydrogen-bond acceptors (Lipinski definition) is 7. The summed E-state index contributed by atoms with van der Waals surface area (Å²) >= 11 is 0. The lowest BCUT2D eigenvalue weighted by atomic mass is 9.73. The second-order valence-corrected chi connectivity index (χ2v) is 17.8. The highest BCUT2D eigenvalue weighted by molar-refractivity contribution is 6.47. The Labute approximate surface area is 298 Å². The Balaban J connectivity index is 1.30. The Bertz CT molecular complexity index is 1600. The molecule has 2 N–H and O–H groups in total. The van der Waals surface area contributed by atoms with Crippen LogP contribution < -0.4 is 5.32 Å². The Morgan fingerprint density at radius 2 is 1.74 bits per heavy atom. The number of carbonyl (C=O) groups is 2. The highest BCUT2D eigenvalue weighted by Gasteiger charge is 2.55. The fraction of sp³-hybridized carbons (Fsp3) is 0.650. The van der Waals surface area contributed by atoms with Gasteiger partial charge >= 0.3 is 0 Å². The molecule has 2 fully saturated rings. The number of aliphatic imine (C=N–C) groups is 1. The van der Waals surface area contributed by atoms with Crippen molar-refractivity contribution in [1.82, 2.24) is 30.8 Å². The fourth-order valence-corrected chi connectivity index (χ4v) is 7.80. The lowest BCUT2D eigenvalue weighted by Crippen LogP contribution is -2.51. The Morgan fingerprint density at radius 1 is 1.04 bits per heavy atom. The maximum Gasteiger partial charge on any atom is 0.275 e. The second-order valence-electron chi connectivity index (χ2n) is 17.8. The summed E-state index contributed by atoms with van der Waals surface area (Å²) in [5, 5.41) is 16.6. The molecule has 50 heavy (non-hydrogen) atoms. The van der Waals surface area contributed by atoms with Gasteiger partial charge in [-0.2, -0.15) is 5.21 Å². The summed E-state index contributed by atoms with van der Waals surface area (Å²) in [6, 6.07) is 7.57. The summed E-state index contributed by atoms with van der Waals surface area (Å²) in [7, 11) is 0. The average Bonchev–Trinajstić information content (AvgIpc) is 3.48. The maximum absolute atomic E-state index is 14.9. The lowest BCUT2D eigenvalue weighted by Gasteiger charge is -2.46. The predicted octanol–water partition coefficient (Wildman–Crippen LogP) is 7.67. The molecule has 2 aromatic rings. The van der Waals surface area contributed by atoms with Crippen LogP contribution in [0.4, 0.5) is 0 Å². The van der Waals surface area contributed by atoms with Gasteiger partial charge < -0.3 is 15.0 Å².